The summed E-state index contributed by atoms with van der Waals surface area (Å²) in [6.07, 6.45) is 3.21. The maximum Gasteiger partial charge on any atom is 0.344 e. The summed E-state index contributed by atoms with van der Waals surface area (Å²) < 4.78 is 12.5. The van der Waals surface area contributed by atoms with Gasteiger partial charge in [-0.1, -0.05) is 30.3 Å². The molecule has 0 amide bonds. The molecule has 0 radical (unpaired) electrons. The molecule has 23 heavy (non-hydrogen) atoms. The number of pyridine rings is 1. The third-order valence-electron chi connectivity index (χ3n) is 3.46. The number of esters is 1. The third-order valence-corrected chi connectivity index (χ3v) is 3.46. The Morgan fingerprint density at radius 1 is 1.17 bits per heavy atom. The standard InChI is InChI=1S/C18H17NO4/c1-2-22-18(21)16-14(20)11-19-10-6-9-15(17(16)19)23-12-13-7-4-3-5-8-13/h3-11,20H,2,12H2,1H3. The minimum absolute atomic E-state index is 0.121. The summed E-state index contributed by atoms with van der Waals surface area (Å²) >= 11 is 0. The zero-order valence-corrected chi connectivity index (χ0v) is 12.7. The lowest BCUT2D eigenvalue weighted by atomic mass is 10.2. The van der Waals surface area contributed by atoms with Crippen molar-refractivity contribution in [2.45, 2.75) is 13.5 Å². The fraction of sp³-hybridized carbons (Fsp3) is 0.167. The van der Waals surface area contributed by atoms with E-state index in [1.807, 2.05) is 30.3 Å². The zero-order valence-electron chi connectivity index (χ0n) is 12.7. The highest BCUT2D eigenvalue weighted by molar-refractivity contribution is 6.02. The average molecular weight is 311 g/mol. The van der Waals surface area contributed by atoms with E-state index in [1.165, 1.54) is 6.20 Å². The van der Waals surface area contributed by atoms with Gasteiger partial charge in [0.15, 0.2) is 0 Å². The van der Waals surface area contributed by atoms with Crippen molar-refractivity contribution >= 4 is 11.5 Å². The highest BCUT2D eigenvalue weighted by Crippen LogP contribution is 2.32. The monoisotopic (exact) mass is 311 g/mol. The molecule has 0 aliphatic rings. The van der Waals surface area contributed by atoms with Gasteiger partial charge in [-0.3, -0.25) is 0 Å². The van der Waals surface area contributed by atoms with E-state index in [0.717, 1.165) is 5.56 Å². The van der Waals surface area contributed by atoms with Crippen molar-refractivity contribution in [3.63, 3.8) is 0 Å². The van der Waals surface area contributed by atoms with Crippen LogP contribution in [0, 0.1) is 0 Å². The van der Waals surface area contributed by atoms with Crippen molar-refractivity contribution in [2.75, 3.05) is 6.61 Å². The molecule has 0 saturated carbocycles. The molecule has 2 heterocycles. The number of carbonyl (C=O) groups is 1. The van der Waals surface area contributed by atoms with Gasteiger partial charge < -0.3 is 19.0 Å². The average Bonchev–Trinajstić information content (AvgIpc) is 2.90. The molecule has 3 rings (SSSR count). The van der Waals surface area contributed by atoms with Crippen LogP contribution in [-0.2, 0) is 11.3 Å². The van der Waals surface area contributed by atoms with Crippen molar-refractivity contribution < 1.29 is 19.4 Å². The van der Waals surface area contributed by atoms with E-state index in [-0.39, 0.29) is 17.9 Å². The van der Waals surface area contributed by atoms with Crippen LogP contribution in [0.4, 0.5) is 0 Å². The smallest absolute Gasteiger partial charge is 0.344 e. The molecule has 1 N–H and O–H groups in total. The van der Waals surface area contributed by atoms with E-state index in [4.69, 9.17) is 9.47 Å². The van der Waals surface area contributed by atoms with Crippen LogP contribution in [0.5, 0.6) is 11.5 Å². The van der Waals surface area contributed by atoms with Crippen molar-refractivity contribution in [1.29, 1.82) is 0 Å². The molecule has 118 valence electrons. The Bertz CT molecular complexity index is 824. The van der Waals surface area contributed by atoms with E-state index >= 15 is 0 Å². The number of carbonyl (C=O) groups excluding carboxylic acids is 1. The largest absolute Gasteiger partial charge is 0.505 e. The molecule has 0 spiro atoms. The Morgan fingerprint density at radius 3 is 2.70 bits per heavy atom. The molecule has 5 heteroatoms. The topological polar surface area (TPSA) is 60.2 Å². The maximum atomic E-state index is 12.1. The lowest BCUT2D eigenvalue weighted by Gasteiger charge is -2.09. The van der Waals surface area contributed by atoms with Gasteiger partial charge in [0, 0.05) is 6.20 Å². The summed E-state index contributed by atoms with van der Waals surface area (Å²) in [5.41, 5.74) is 1.64. The van der Waals surface area contributed by atoms with Crippen molar-refractivity contribution in [2.24, 2.45) is 0 Å². The minimum Gasteiger partial charge on any atom is -0.505 e. The molecule has 3 aromatic rings. The Labute approximate surface area is 133 Å². The quantitative estimate of drug-likeness (QED) is 0.734. The summed E-state index contributed by atoms with van der Waals surface area (Å²) in [5.74, 6) is -0.179. The maximum absolute atomic E-state index is 12.1. The van der Waals surface area contributed by atoms with E-state index in [2.05, 4.69) is 0 Å². The van der Waals surface area contributed by atoms with Crippen LogP contribution in [0.3, 0.4) is 0 Å². The van der Waals surface area contributed by atoms with E-state index in [9.17, 15) is 9.90 Å². The van der Waals surface area contributed by atoms with Crippen molar-refractivity contribution in [1.82, 2.24) is 4.40 Å². The second-order valence-corrected chi connectivity index (χ2v) is 5.01. The van der Waals surface area contributed by atoms with E-state index in [0.29, 0.717) is 17.9 Å². The first-order valence-electron chi connectivity index (χ1n) is 7.37. The number of hydrogen-bond acceptors (Lipinski definition) is 4. The van der Waals surface area contributed by atoms with Gasteiger partial charge >= 0.3 is 5.97 Å². The van der Waals surface area contributed by atoms with Crippen LogP contribution < -0.4 is 4.74 Å². The van der Waals surface area contributed by atoms with Gasteiger partial charge in [-0.2, -0.15) is 0 Å². The molecule has 2 aromatic heterocycles. The van der Waals surface area contributed by atoms with Gasteiger partial charge in [-0.05, 0) is 24.6 Å². The molecular formula is C18H17NO4. The predicted octanol–water partition coefficient (Wildman–Crippen LogP) is 3.40. The second kappa shape index (κ2) is 6.44. The minimum atomic E-state index is -0.566. The highest BCUT2D eigenvalue weighted by Gasteiger charge is 2.22. The first-order chi connectivity index (χ1) is 11.2. The Kier molecular flexibility index (Phi) is 4.19. The Hall–Kier alpha value is -2.95. The van der Waals surface area contributed by atoms with Gasteiger partial charge in [0.2, 0.25) is 0 Å². The number of fused-ring (bicyclic) bond motifs is 1. The van der Waals surface area contributed by atoms with Crippen LogP contribution in [0.2, 0.25) is 0 Å². The number of benzene rings is 1. The molecule has 0 aliphatic heterocycles. The molecule has 5 nitrogen and oxygen atoms in total. The van der Waals surface area contributed by atoms with Gasteiger partial charge in [-0.25, -0.2) is 4.79 Å². The first kappa shape index (κ1) is 15.0. The van der Waals surface area contributed by atoms with Gasteiger partial charge in [0.1, 0.15) is 29.2 Å². The summed E-state index contributed by atoms with van der Waals surface area (Å²) in [5, 5.41) is 10.1. The number of ether oxygens (including phenoxy) is 2. The second-order valence-electron chi connectivity index (χ2n) is 5.01. The Balaban J connectivity index is 1.98. The van der Waals surface area contributed by atoms with Crippen LogP contribution >= 0.6 is 0 Å². The fourth-order valence-corrected chi connectivity index (χ4v) is 2.44. The van der Waals surface area contributed by atoms with E-state index in [1.54, 1.807) is 29.7 Å². The number of nitrogens with zero attached hydrogens (tertiary/aromatic N) is 1. The fourth-order valence-electron chi connectivity index (χ4n) is 2.44. The number of aromatic hydroxyl groups is 1. The molecule has 0 aliphatic carbocycles. The van der Waals surface area contributed by atoms with Gasteiger partial charge in [-0.15, -0.1) is 0 Å². The summed E-state index contributed by atoms with van der Waals surface area (Å²) in [7, 11) is 0. The molecule has 0 saturated heterocycles. The lowest BCUT2D eigenvalue weighted by molar-refractivity contribution is 0.0525. The first-order valence-corrected chi connectivity index (χ1v) is 7.37. The summed E-state index contributed by atoms with van der Waals surface area (Å²) in [4.78, 5) is 12.1. The number of hydrogen-bond donors (Lipinski definition) is 1. The normalized spacial score (nSPS) is 10.7. The predicted molar refractivity (Wildman–Crippen MR) is 85.8 cm³/mol. The number of rotatable bonds is 5. The van der Waals surface area contributed by atoms with Crippen LogP contribution in [-0.4, -0.2) is 22.1 Å². The lowest BCUT2D eigenvalue weighted by Crippen LogP contribution is -2.05. The molecule has 0 bridgehead atoms. The summed E-state index contributed by atoms with van der Waals surface area (Å²) in [6.45, 7) is 2.33. The highest BCUT2D eigenvalue weighted by atomic mass is 16.5. The van der Waals surface area contributed by atoms with Crippen LogP contribution in [0.15, 0.2) is 54.9 Å². The van der Waals surface area contributed by atoms with Crippen LogP contribution in [0.1, 0.15) is 22.8 Å². The summed E-state index contributed by atoms with van der Waals surface area (Å²) in [6, 6.07) is 13.3. The molecular weight excluding hydrogens is 294 g/mol. The molecule has 0 unspecified atom stereocenters. The van der Waals surface area contributed by atoms with Gasteiger partial charge in [0.25, 0.3) is 0 Å². The molecule has 1 aromatic carbocycles. The van der Waals surface area contributed by atoms with Gasteiger partial charge in [0.05, 0.1) is 12.8 Å². The number of aromatic nitrogens is 1. The Morgan fingerprint density at radius 2 is 1.96 bits per heavy atom. The van der Waals surface area contributed by atoms with Crippen molar-refractivity contribution in [3.8, 4) is 11.5 Å². The molecule has 0 atom stereocenters. The van der Waals surface area contributed by atoms with Crippen LogP contribution in [0.25, 0.3) is 5.52 Å². The molecule has 0 fully saturated rings. The van der Waals surface area contributed by atoms with Crippen molar-refractivity contribution in [3.05, 3.63) is 66.0 Å². The SMILES string of the molecule is CCOC(=O)c1c(O)cn2cccc(OCc3ccccc3)c12. The zero-order chi connectivity index (χ0) is 16.2. The third kappa shape index (κ3) is 2.99. The van der Waals surface area contributed by atoms with E-state index < -0.39 is 5.97 Å².